The third-order valence-corrected chi connectivity index (χ3v) is 7.10. The molecule has 0 aromatic heterocycles. The average Bonchev–Trinajstić information content (AvgIpc) is 3.14. The summed E-state index contributed by atoms with van der Waals surface area (Å²) < 4.78 is 31.8. The summed E-state index contributed by atoms with van der Waals surface area (Å²) in [6.45, 7) is 1.91. The molecular weight excluding hydrogens is 370 g/mol. The molecule has 0 saturated carbocycles. The van der Waals surface area contributed by atoms with Gasteiger partial charge < -0.3 is 15.0 Å². The van der Waals surface area contributed by atoms with Gasteiger partial charge >= 0.3 is 5.97 Å². The number of nitrogens with zero attached hydrogens (tertiary/aromatic N) is 1. The van der Waals surface area contributed by atoms with Crippen molar-refractivity contribution < 1.29 is 27.6 Å². The van der Waals surface area contributed by atoms with E-state index in [4.69, 9.17) is 0 Å². The number of aryl methyl sites for hydroxylation is 2. The molecule has 1 aliphatic carbocycles. The van der Waals surface area contributed by atoms with Crippen LogP contribution in [-0.2, 0) is 37.2 Å². The number of benzene rings is 1. The van der Waals surface area contributed by atoms with Gasteiger partial charge in [0.25, 0.3) is 5.91 Å². The minimum Gasteiger partial charge on any atom is -0.468 e. The molecule has 2 N–H and O–H groups in total. The first-order valence-electron chi connectivity index (χ1n) is 9.19. The Morgan fingerprint density at radius 1 is 1.19 bits per heavy atom. The molecule has 0 radical (unpaired) electrons. The van der Waals surface area contributed by atoms with Crippen molar-refractivity contribution in [3.8, 4) is 0 Å². The number of nitrogens with one attached hydrogen (secondary N) is 2. The average molecular weight is 396 g/mol. The first-order valence-corrected chi connectivity index (χ1v) is 10.6. The highest BCUT2D eigenvalue weighted by molar-refractivity contribution is 7.89. The number of fused-ring (bicyclic) bond motifs is 1. The summed E-state index contributed by atoms with van der Waals surface area (Å²) in [5.41, 5.74) is 2.39. The summed E-state index contributed by atoms with van der Waals surface area (Å²) in [4.78, 5) is 24.3. The van der Waals surface area contributed by atoms with Crippen molar-refractivity contribution in [1.82, 2.24) is 9.62 Å². The number of methoxy groups -OCH3 is 1. The Morgan fingerprint density at radius 2 is 1.89 bits per heavy atom. The minimum absolute atomic E-state index is 0.151. The van der Waals surface area contributed by atoms with Gasteiger partial charge in [0.1, 0.15) is 6.54 Å². The van der Waals surface area contributed by atoms with Gasteiger partial charge in [-0.15, -0.1) is 0 Å². The molecule has 1 saturated heterocycles. The molecule has 1 aromatic carbocycles. The van der Waals surface area contributed by atoms with E-state index in [1.54, 1.807) is 6.07 Å². The van der Waals surface area contributed by atoms with Crippen LogP contribution in [0.3, 0.4) is 0 Å². The van der Waals surface area contributed by atoms with Crippen LogP contribution in [0.4, 0.5) is 0 Å². The lowest BCUT2D eigenvalue weighted by Gasteiger charge is -2.31. The highest BCUT2D eigenvalue weighted by Crippen LogP contribution is 2.26. The van der Waals surface area contributed by atoms with Crippen LogP contribution in [0, 0.1) is 0 Å². The lowest BCUT2D eigenvalue weighted by molar-refractivity contribution is -0.895. The van der Waals surface area contributed by atoms with Gasteiger partial charge in [0.2, 0.25) is 10.0 Å². The largest absolute Gasteiger partial charge is 0.468 e. The van der Waals surface area contributed by atoms with E-state index in [2.05, 4.69) is 10.1 Å². The first kappa shape index (κ1) is 19.8. The molecule has 27 heavy (non-hydrogen) atoms. The van der Waals surface area contributed by atoms with Crippen molar-refractivity contribution in [3.63, 3.8) is 0 Å². The van der Waals surface area contributed by atoms with E-state index in [1.165, 1.54) is 17.0 Å². The maximum atomic E-state index is 12.9. The number of hydrogen-bond acceptors (Lipinski definition) is 5. The predicted molar refractivity (Wildman–Crippen MR) is 97.8 cm³/mol. The van der Waals surface area contributed by atoms with Gasteiger partial charge in [-0.25, -0.2) is 8.42 Å². The van der Waals surface area contributed by atoms with Crippen molar-refractivity contribution in [2.75, 3.05) is 46.4 Å². The molecule has 1 heterocycles. The summed E-state index contributed by atoms with van der Waals surface area (Å²) in [5, 5.41) is 2.51. The standard InChI is InChI=1S/C18H25N3O5S/c1-26-18(23)12-19-17(22)13-20-7-9-21(10-8-20)27(24,25)16-6-5-14-3-2-4-15(14)11-16/h5-6,11H,2-4,7-10,12-13H2,1H3,(H,19,22)/p+1. The van der Waals surface area contributed by atoms with Gasteiger partial charge in [0.15, 0.2) is 6.54 Å². The number of carbonyl (C=O) groups excluding carboxylic acids is 2. The van der Waals surface area contributed by atoms with Crippen LogP contribution < -0.4 is 10.2 Å². The number of ether oxygens (including phenoxy) is 1. The Kier molecular flexibility index (Phi) is 6.13. The van der Waals surface area contributed by atoms with Crippen LogP contribution in [0.2, 0.25) is 0 Å². The summed E-state index contributed by atoms with van der Waals surface area (Å²) >= 11 is 0. The molecule has 0 bridgehead atoms. The zero-order chi connectivity index (χ0) is 19.4. The molecular formula is C18H26N3O5S+. The van der Waals surface area contributed by atoms with E-state index in [0.717, 1.165) is 29.7 Å². The molecule has 148 valence electrons. The Morgan fingerprint density at radius 3 is 2.59 bits per heavy atom. The van der Waals surface area contributed by atoms with E-state index in [-0.39, 0.29) is 19.0 Å². The van der Waals surface area contributed by atoms with Crippen molar-refractivity contribution in [2.45, 2.75) is 24.2 Å². The fourth-order valence-corrected chi connectivity index (χ4v) is 5.10. The maximum Gasteiger partial charge on any atom is 0.325 e. The molecule has 0 unspecified atom stereocenters. The van der Waals surface area contributed by atoms with Crippen LogP contribution in [0.5, 0.6) is 0 Å². The Bertz CT molecular complexity index is 816. The molecule has 1 aromatic rings. The van der Waals surface area contributed by atoms with Crippen LogP contribution in [0.1, 0.15) is 17.5 Å². The van der Waals surface area contributed by atoms with Gasteiger partial charge in [-0.1, -0.05) is 6.07 Å². The number of hydrogen-bond donors (Lipinski definition) is 2. The summed E-state index contributed by atoms with van der Waals surface area (Å²) in [7, 11) is -2.24. The SMILES string of the molecule is COC(=O)CNC(=O)C[NH+]1CCN(S(=O)(=O)c2ccc3c(c2)CCC3)CC1. The molecule has 3 rings (SSSR count). The van der Waals surface area contributed by atoms with E-state index < -0.39 is 16.0 Å². The molecule has 9 heteroatoms. The summed E-state index contributed by atoms with van der Waals surface area (Å²) in [6.07, 6.45) is 3.05. The van der Waals surface area contributed by atoms with Crippen molar-refractivity contribution in [2.24, 2.45) is 0 Å². The maximum absolute atomic E-state index is 12.9. The Hall–Kier alpha value is -1.97. The third-order valence-electron chi connectivity index (χ3n) is 5.21. The van der Waals surface area contributed by atoms with E-state index in [0.29, 0.717) is 31.1 Å². The van der Waals surface area contributed by atoms with Crippen LogP contribution in [-0.4, -0.2) is 71.0 Å². The van der Waals surface area contributed by atoms with Gasteiger partial charge in [0, 0.05) is 0 Å². The lowest BCUT2D eigenvalue weighted by atomic mass is 10.1. The molecule has 1 fully saturated rings. The second-order valence-electron chi connectivity index (χ2n) is 6.97. The predicted octanol–water partition coefficient (Wildman–Crippen LogP) is -1.65. The number of quaternary nitrogens is 1. The van der Waals surface area contributed by atoms with Crippen LogP contribution >= 0.6 is 0 Å². The summed E-state index contributed by atoms with van der Waals surface area (Å²) in [5.74, 6) is -0.742. The second kappa shape index (κ2) is 8.37. The zero-order valence-electron chi connectivity index (χ0n) is 15.5. The van der Waals surface area contributed by atoms with Crippen LogP contribution in [0.15, 0.2) is 23.1 Å². The van der Waals surface area contributed by atoms with Crippen molar-refractivity contribution >= 4 is 21.9 Å². The number of carbonyl (C=O) groups is 2. The fraction of sp³-hybridized carbons (Fsp3) is 0.556. The van der Waals surface area contributed by atoms with Crippen molar-refractivity contribution in [3.05, 3.63) is 29.3 Å². The Balaban J connectivity index is 1.54. The van der Waals surface area contributed by atoms with Gasteiger partial charge in [-0.2, -0.15) is 4.31 Å². The molecule has 1 aliphatic heterocycles. The Labute approximate surface area is 159 Å². The number of amides is 1. The minimum atomic E-state index is -3.50. The normalized spacial score (nSPS) is 18.1. The molecule has 8 nitrogen and oxygen atoms in total. The third kappa shape index (κ3) is 4.66. The first-order chi connectivity index (χ1) is 12.9. The highest BCUT2D eigenvalue weighted by atomic mass is 32.2. The topological polar surface area (TPSA) is 97.2 Å². The molecule has 0 atom stereocenters. The second-order valence-corrected chi connectivity index (χ2v) is 8.91. The highest BCUT2D eigenvalue weighted by Gasteiger charge is 2.31. The van der Waals surface area contributed by atoms with Crippen LogP contribution in [0.25, 0.3) is 0 Å². The van der Waals surface area contributed by atoms with Gasteiger partial charge in [0.05, 0.1) is 38.2 Å². The smallest absolute Gasteiger partial charge is 0.325 e. The van der Waals surface area contributed by atoms with E-state index >= 15 is 0 Å². The fourth-order valence-electron chi connectivity index (χ4n) is 3.61. The van der Waals surface area contributed by atoms with Gasteiger partial charge in [-0.05, 0) is 42.5 Å². The summed E-state index contributed by atoms with van der Waals surface area (Å²) in [6, 6.07) is 5.46. The van der Waals surface area contributed by atoms with Crippen molar-refractivity contribution in [1.29, 1.82) is 0 Å². The monoisotopic (exact) mass is 396 g/mol. The molecule has 0 spiro atoms. The number of esters is 1. The molecule has 2 aliphatic rings. The number of piperazine rings is 1. The van der Waals surface area contributed by atoms with Gasteiger partial charge in [-0.3, -0.25) is 9.59 Å². The number of rotatable bonds is 6. The lowest BCUT2D eigenvalue weighted by Crippen LogP contribution is -3.15. The quantitative estimate of drug-likeness (QED) is 0.562. The molecule has 1 amide bonds. The van der Waals surface area contributed by atoms with E-state index in [9.17, 15) is 18.0 Å². The zero-order valence-corrected chi connectivity index (χ0v) is 16.3. The number of sulfonamides is 1. The van der Waals surface area contributed by atoms with E-state index in [1.807, 2.05) is 12.1 Å².